The number of unbranched alkanes of at least 4 members (excludes halogenated alkanes) is 3. The molecule has 1 amide bonds. The Morgan fingerprint density at radius 2 is 1.98 bits per heavy atom. The van der Waals surface area contributed by atoms with Gasteiger partial charge in [-0.1, -0.05) is 6.42 Å². The summed E-state index contributed by atoms with van der Waals surface area (Å²) in [5, 5.41) is 12.6. The van der Waals surface area contributed by atoms with E-state index in [1.807, 2.05) is 0 Å². The molecule has 230 valence electrons. The van der Waals surface area contributed by atoms with Crippen LogP contribution in [0, 0.1) is 0 Å². The molecule has 0 unspecified atom stereocenters. The second kappa shape index (κ2) is 13.5. The maximum atomic E-state index is 14.1. The highest BCUT2D eigenvalue weighted by Crippen LogP contribution is 2.41. The van der Waals surface area contributed by atoms with Gasteiger partial charge in [0, 0.05) is 49.1 Å². The van der Waals surface area contributed by atoms with Gasteiger partial charge in [-0.15, -0.1) is 0 Å². The van der Waals surface area contributed by atoms with Gasteiger partial charge in [0.1, 0.15) is 16.9 Å². The highest BCUT2D eigenvalue weighted by atomic mass is 79.9. The summed E-state index contributed by atoms with van der Waals surface area (Å²) >= 11 is 3.54. The molecule has 3 heterocycles. The molecule has 1 fully saturated rings. The number of anilines is 1. The maximum Gasteiger partial charge on any atom is 0.419 e. The predicted octanol–water partition coefficient (Wildman–Crippen LogP) is 7.15. The van der Waals surface area contributed by atoms with Crippen molar-refractivity contribution >= 4 is 38.9 Å². The number of hydrogen-bond donors (Lipinski definition) is 3. The highest BCUT2D eigenvalue weighted by molar-refractivity contribution is 9.10. The summed E-state index contributed by atoms with van der Waals surface area (Å²) in [4.78, 5) is 25.5. The number of ether oxygens (including phenoxy) is 2. The molecule has 4 rings (SSSR count). The van der Waals surface area contributed by atoms with Crippen molar-refractivity contribution in [2.24, 2.45) is 0 Å². The molecule has 3 aromatic rings. The first kappa shape index (κ1) is 31.9. The zero-order valence-electron chi connectivity index (χ0n) is 24.0. The molecular weight excluding hydrogens is 619 g/mol. The van der Waals surface area contributed by atoms with Crippen molar-refractivity contribution in [1.82, 2.24) is 19.9 Å². The van der Waals surface area contributed by atoms with Gasteiger partial charge in [0.15, 0.2) is 0 Å². The number of likely N-dealkylation sites (tertiary alicyclic amines) is 1. The number of aliphatic hydroxyl groups is 1. The van der Waals surface area contributed by atoms with Crippen molar-refractivity contribution in [2.75, 3.05) is 31.6 Å². The molecule has 1 saturated heterocycles. The number of carbonyl (C=O) groups excluding carboxylic acids is 1. The van der Waals surface area contributed by atoms with Crippen LogP contribution in [0.5, 0.6) is 5.75 Å². The lowest BCUT2D eigenvalue weighted by atomic mass is 10.1. The molecule has 0 bridgehead atoms. The summed E-state index contributed by atoms with van der Waals surface area (Å²) in [5.74, 6) is 0.620. The molecule has 0 saturated carbocycles. The third-order valence-corrected chi connectivity index (χ3v) is 7.61. The highest BCUT2D eigenvalue weighted by Gasteiger charge is 2.36. The van der Waals surface area contributed by atoms with Crippen LogP contribution in [0.15, 0.2) is 29.0 Å². The molecular formula is C29H37BrF3N5O4. The van der Waals surface area contributed by atoms with Gasteiger partial charge in [0.25, 0.3) is 0 Å². The van der Waals surface area contributed by atoms with E-state index in [2.05, 4.69) is 36.2 Å². The number of aromatic nitrogens is 3. The molecule has 1 aliphatic heterocycles. The summed E-state index contributed by atoms with van der Waals surface area (Å²) in [6.07, 6.45) is 2.01. The molecule has 0 aliphatic carbocycles. The molecule has 42 heavy (non-hydrogen) atoms. The molecule has 0 spiro atoms. The number of rotatable bonds is 10. The minimum atomic E-state index is -4.67. The fourth-order valence-electron chi connectivity index (χ4n) is 4.84. The number of nitrogens with one attached hydrogen (secondary N) is 2. The lowest BCUT2D eigenvalue weighted by Gasteiger charge is -2.34. The van der Waals surface area contributed by atoms with Gasteiger partial charge >= 0.3 is 12.3 Å². The molecule has 1 aliphatic rings. The van der Waals surface area contributed by atoms with E-state index in [-0.39, 0.29) is 29.9 Å². The number of aromatic amines is 1. The first-order chi connectivity index (χ1) is 19.9. The van der Waals surface area contributed by atoms with Crippen LogP contribution >= 0.6 is 15.9 Å². The van der Waals surface area contributed by atoms with Crippen molar-refractivity contribution in [3.8, 4) is 17.0 Å². The Bertz CT molecular complexity index is 1380. The fraction of sp³-hybridized carbons (Fsp3) is 0.552. The number of hydrogen-bond acceptors (Lipinski definition) is 7. The van der Waals surface area contributed by atoms with Crippen LogP contribution in [0.2, 0.25) is 0 Å². The second-order valence-electron chi connectivity index (χ2n) is 11.4. The smallest absolute Gasteiger partial charge is 0.419 e. The standard InChI is InChI=1S/C29H37BrF3N5O4/c1-28(2,3)42-27(40)38-12-8-9-18(17-38)36-26-35-16-21(29(31,32)33)24(37-26)20-15-34-25-19(20)10-11-22(23(25)30)41-14-7-5-4-6-13-39/h10-11,15-16,18,34,39H,4-9,12-14,17H2,1-3H3,(H,35,36,37)/t18-/m0/s1. The Balaban J connectivity index is 1.56. The first-order valence-electron chi connectivity index (χ1n) is 14.1. The number of benzene rings is 1. The number of aliphatic hydroxyl groups excluding tert-OH is 1. The van der Waals surface area contributed by atoms with Crippen LogP contribution in [-0.4, -0.2) is 69.0 Å². The molecule has 1 aromatic carbocycles. The van der Waals surface area contributed by atoms with Gasteiger partial charge in [-0.2, -0.15) is 13.2 Å². The lowest BCUT2D eigenvalue weighted by Crippen LogP contribution is -2.47. The third kappa shape index (κ3) is 8.06. The fourth-order valence-corrected chi connectivity index (χ4v) is 5.41. The van der Waals surface area contributed by atoms with Crippen LogP contribution < -0.4 is 10.1 Å². The third-order valence-electron chi connectivity index (χ3n) is 6.82. The van der Waals surface area contributed by atoms with Gasteiger partial charge in [0.05, 0.1) is 22.3 Å². The summed E-state index contributed by atoms with van der Waals surface area (Å²) in [6, 6.07) is 3.18. The van der Waals surface area contributed by atoms with Crippen LogP contribution in [0.3, 0.4) is 0 Å². The van der Waals surface area contributed by atoms with Gasteiger partial charge in [-0.3, -0.25) is 0 Å². The molecule has 9 nitrogen and oxygen atoms in total. The van der Waals surface area contributed by atoms with Gasteiger partial charge in [0.2, 0.25) is 5.95 Å². The lowest BCUT2D eigenvalue weighted by molar-refractivity contribution is -0.137. The number of H-pyrrole nitrogens is 1. The normalized spacial score (nSPS) is 16.1. The van der Waals surface area contributed by atoms with Crippen LogP contribution in [0.25, 0.3) is 22.2 Å². The van der Waals surface area contributed by atoms with Crippen molar-refractivity contribution in [2.45, 2.75) is 77.1 Å². The predicted molar refractivity (Wildman–Crippen MR) is 158 cm³/mol. The van der Waals surface area contributed by atoms with E-state index in [9.17, 15) is 18.0 Å². The van der Waals surface area contributed by atoms with E-state index in [1.54, 1.807) is 37.8 Å². The zero-order valence-corrected chi connectivity index (χ0v) is 25.6. The SMILES string of the molecule is CC(C)(C)OC(=O)N1CCC[C@H](Nc2ncc(C(F)(F)F)c(-c3c[nH]c4c(Br)c(OCCCCCCO)ccc34)n2)C1. The quantitative estimate of drug-likeness (QED) is 0.199. The van der Waals surface area contributed by atoms with Crippen molar-refractivity contribution in [3.63, 3.8) is 0 Å². The van der Waals surface area contributed by atoms with Gasteiger partial charge in [-0.25, -0.2) is 14.8 Å². The maximum absolute atomic E-state index is 14.1. The molecule has 0 radical (unpaired) electrons. The minimum Gasteiger partial charge on any atom is -0.492 e. The van der Waals surface area contributed by atoms with E-state index in [0.717, 1.165) is 31.9 Å². The number of fused-ring (bicyclic) bond motifs is 1. The summed E-state index contributed by atoms with van der Waals surface area (Å²) in [7, 11) is 0. The Morgan fingerprint density at radius 1 is 1.21 bits per heavy atom. The Morgan fingerprint density at radius 3 is 2.69 bits per heavy atom. The van der Waals surface area contributed by atoms with E-state index in [0.29, 0.717) is 53.7 Å². The summed E-state index contributed by atoms with van der Waals surface area (Å²) in [5.41, 5.74) is -0.977. The topological polar surface area (TPSA) is 113 Å². The number of alkyl halides is 3. The molecule has 1 atom stereocenters. The van der Waals surface area contributed by atoms with Gasteiger partial charge in [-0.05, 0) is 80.9 Å². The van der Waals surface area contributed by atoms with Crippen LogP contribution in [0.1, 0.15) is 64.9 Å². The Kier molecular flexibility index (Phi) is 10.2. The number of piperidine rings is 1. The summed E-state index contributed by atoms with van der Waals surface area (Å²) < 4.78 is 54.2. The number of carbonyl (C=O) groups is 1. The van der Waals surface area contributed by atoms with E-state index in [1.165, 1.54) is 6.20 Å². The number of nitrogens with zero attached hydrogens (tertiary/aromatic N) is 3. The molecule has 2 aromatic heterocycles. The van der Waals surface area contributed by atoms with Crippen LogP contribution in [0.4, 0.5) is 23.9 Å². The number of amides is 1. The minimum absolute atomic E-state index is 0.0450. The second-order valence-corrected chi connectivity index (χ2v) is 12.1. The molecule has 13 heteroatoms. The van der Waals surface area contributed by atoms with E-state index >= 15 is 0 Å². The van der Waals surface area contributed by atoms with Crippen LogP contribution in [-0.2, 0) is 10.9 Å². The van der Waals surface area contributed by atoms with Crippen molar-refractivity contribution in [1.29, 1.82) is 0 Å². The Labute approximate surface area is 251 Å². The molecule has 3 N–H and O–H groups in total. The first-order valence-corrected chi connectivity index (χ1v) is 14.9. The van der Waals surface area contributed by atoms with E-state index in [4.69, 9.17) is 14.6 Å². The van der Waals surface area contributed by atoms with Gasteiger partial charge < -0.3 is 29.8 Å². The average molecular weight is 657 g/mol. The largest absolute Gasteiger partial charge is 0.492 e. The summed E-state index contributed by atoms with van der Waals surface area (Å²) in [6.45, 7) is 6.89. The number of halogens is 4. The van der Waals surface area contributed by atoms with Crippen molar-refractivity contribution in [3.05, 3.63) is 34.6 Å². The van der Waals surface area contributed by atoms with E-state index < -0.39 is 23.4 Å². The monoisotopic (exact) mass is 655 g/mol. The Hall–Kier alpha value is -3.06. The zero-order chi connectivity index (χ0) is 30.5. The average Bonchev–Trinajstić information content (AvgIpc) is 3.35. The van der Waals surface area contributed by atoms with Crippen molar-refractivity contribution < 1.29 is 32.5 Å².